The fourth-order valence-electron chi connectivity index (χ4n) is 1.62. The van der Waals surface area contributed by atoms with E-state index in [1.165, 1.54) is 5.56 Å². The van der Waals surface area contributed by atoms with Crippen molar-refractivity contribution in [2.45, 2.75) is 13.8 Å². The molecule has 2 rings (SSSR count). The molecular formula is C16H16O. The lowest BCUT2D eigenvalue weighted by atomic mass is 10.2. The smallest absolute Gasteiger partial charge is 0.130 e. The Morgan fingerprint density at radius 2 is 1.59 bits per heavy atom. The van der Waals surface area contributed by atoms with Crippen molar-refractivity contribution in [1.82, 2.24) is 0 Å². The molecule has 0 unspecified atom stereocenters. The van der Waals surface area contributed by atoms with E-state index in [4.69, 9.17) is 4.74 Å². The molecule has 0 amide bonds. The van der Waals surface area contributed by atoms with Crippen molar-refractivity contribution in [3.05, 3.63) is 71.8 Å². The predicted octanol–water partition coefficient (Wildman–Crippen LogP) is 4.43. The summed E-state index contributed by atoms with van der Waals surface area (Å²) in [4.78, 5) is 0. The van der Waals surface area contributed by atoms with E-state index in [0.29, 0.717) is 0 Å². The summed E-state index contributed by atoms with van der Waals surface area (Å²) < 4.78 is 5.87. The number of benzene rings is 2. The maximum absolute atomic E-state index is 5.87. The molecule has 0 aromatic heterocycles. The Morgan fingerprint density at radius 1 is 0.941 bits per heavy atom. The van der Waals surface area contributed by atoms with E-state index in [1.54, 1.807) is 0 Å². The molecule has 0 aliphatic heterocycles. The van der Waals surface area contributed by atoms with Crippen molar-refractivity contribution in [2.24, 2.45) is 0 Å². The van der Waals surface area contributed by atoms with Gasteiger partial charge in [0, 0.05) is 5.56 Å². The van der Waals surface area contributed by atoms with Crippen molar-refractivity contribution < 1.29 is 4.74 Å². The van der Waals surface area contributed by atoms with Gasteiger partial charge in [-0.05, 0) is 32.1 Å². The molecule has 86 valence electrons. The minimum Gasteiger partial charge on any atom is -0.457 e. The first-order valence-corrected chi connectivity index (χ1v) is 5.76. The van der Waals surface area contributed by atoms with Gasteiger partial charge in [0.1, 0.15) is 11.5 Å². The molecule has 1 heteroatoms. The van der Waals surface area contributed by atoms with Crippen molar-refractivity contribution >= 4 is 5.76 Å². The SMILES string of the molecule is CC=C(Oc1ccc(C)cc1)c1ccccc1. The molecule has 0 fully saturated rings. The van der Waals surface area contributed by atoms with E-state index >= 15 is 0 Å². The Labute approximate surface area is 102 Å². The maximum atomic E-state index is 5.87. The summed E-state index contributed by atoms with van der Waals surface area (Å²) in [7, 11) is 0. The van der Waals surface area contributed by atoms with Crippen LogP contribution in [0.25, 0.3) is 5.76 Å². The van der Waals surface area contributed by atoms with Gasteiger partial charge >= 0.3 is 0 Å². The molecule has 0 spiro atoms. The summed E-state index contributed by atoms with van der Waals surface area (Å²) in [6, 6.07) is 18.2. The van der Waals surface area contributed by atoms with Gasteiger partial charge in [0.15, 0.2) is 0 Å². The minimum absolute atomic E-state index is 0.868. The Kier molecular flexibility index (Phi) is 3.61. The van der Waals surface area contributed by atoms with Crippen molar-refractivity contribution in [1.29, 1.82) is 0 Å². The minimum atomic E-state index is 0.868. The molecule has 0 radical (unpaired) electrons. The highest BCUT2D eigenvalue weighted by molar-refractivity contribution is 5.61. The molecule has 0 heterocycles. The van der Waals surface area contributed by atoms with Crippen LogP contribution in [-0.2, 0) is 0 Å². The van der Waals surface area contributed by atoms with Gasteiger partial charge in [0.25, 0.3) is 0 Å². The number of hydrogen-bond donors (Lipinski definition) is 0. The number of aryl methyl sites for hydroxylation is 1. The Hall–Kier alpha value is -2.02. The van der Waals surface area contributed by atoms with E-state index in [-0.39, 0.29) is 0 Å². The molecule has 0 saturated carbocycles. The monoisotopic (exact) mass is 224 g/mol. The zero-order valence-electron chi connectivity index (χ0n) is 10.2. The molecule has 0 aliphatic carbocycles. The van der Waals surface area contributed by atoms with Crippen molar-refractivity contribution in [3.63, 3.8) is 0 Å². The zero-order chi connectivity index (χ0) is 12.1. The topological polar surface area (TPSA) is 9.23 Å². The molecule has 17 heavy (non-hydrogen) atoms. The first kappa shape index (κ1) is 11.5. The molecule has 0 saturated heterocycles. The van der Waals surface area contributed by atoms with Crippen molar-refractivity contribution in [3.8, 4) is 5.75 Å². The lowest BCUT2D eigenvalue weighted by molar-refractivity contribution is 0.514. The summed E-state index contributed by atoms with van der Waals surface area (Å²) in [6.07, 6.45) is 1.98. The van der Waals surface area contributed by atoms with Crippen LogP contribution in [0.4, 0.5) is 0 Å². The standard InChI is InChI=1S/C16H16O/c1-3-16(14-7-5-4-6-8-14)17-15-11-9-13(2)10-12-15/h3-12H,1-2H3. The predicted molar refractivity (Wildman–Crippen MR) is 71.9 cm³/mol. The van der Waals surface area contributed by atoms with Gasteiger partial charge in [0.05, 0.1) is 0 Å². The van der Waals surface area contributed by atoms with Crippen LogP contribution in [0.15, 0.2) is 60.7 Å². The third kappa shape index (κ3) is 2.97. The van der Waals surface area contributed by atoms with Crippen LogP contribution < -0.4 is 4.74 Å². The van der Waals surface area contributed by atoms with E-state index in [0.717, 1.165) is 17.1 Å². The molecule has 2 aromatic rings. The molecule has 2 aromatic carbocycles. The average molecular weight is 224 g/mol. The third-order valence-corrected chi connectivity index (χ3v) is 2.57. The summed E-state index contributed by atoms with van der Waals surface area (Å²) in [5.74, 6) is 1.75. The first-order valence-electron chi connectivity index (χ1n) is 5.76. The van der Waals surface area contributed by atoms with E-state index in [1.807, 2.05) is 67.6 Å². The van der Waals surface area contributed by atoms with E-state index in [2.05, 4.69) is 6.92 Å². The van der Waals surface area contributed by atoms with E-state index in [9.17, 15) is 0 Å². The van der Waals surface area contributed by atoms with Crippen LogP contribution in [0.2, 0.25) is 0 Å². The van der Waals surface area contributed by atoms with E-state index < -0.39 is 0 Å². The van der Waals surface area contributed by atoms with Crippen molar-refractivity contribution in [2.75, 3.05) is 0 Å². The Morgan fingerprint density at radius 3 is 2.18 bits per heavy atom. The summed E-state index contributed by atoms with van der Waals surface area (Å²) in [5.41, 5.74) is 2.33. The third-order valence-electron chi connectivity index (χ3n) is 2.57. The second kappa shape index (κ2) is 5.35. The molecule has 0 atom stereocenters. The lowest BCUT2D eigenvalue weighted by Crippen LogP contribution is -1.94. The Bertz CT molecular complexity index is 495. The highest BCUT2D eigenvalue weighted by Gasteiger charge is 2.02. The number of rotatable bonds is 3. The lowest BCUT2D eigenvalue weighted by Gasteiger charge is -2.10. The van der Waals surface area contributed by atoms with Gasteiger partial charge in [-0.1, -0.05) is 48.0 Å². The van der Waals surface area contributed by atoms with Gasteiger partial charge in [0.2, 0.25) is 0 Å². The van der Waals surface area contributed by atoms with Crippen LogP contribution in [0, 0.1) is 6.92 Å². The fourth-order valence-corrected chi connectivity index (χ4v) is 1.62. The normalized spacial score (nSPS) is 11.3. The van der Waals surface area contributed by atoms with Gasteiger partial charge in [-0.3, -0.25) is 0 Å². The molecule has 1 nitrogen and oxygen atoms in total. The van der Waals surface area contributed by atoms with Crippen LogP contribution in [0.5, 0.6) is 5.75 Å². The Balaban J connectivity index is 2.19. The van der Waals surface area contributed by atoms with Gasteiger partial charge in [-0.2, -0.15) is 0 Å². The fraction of sp³-hybridized carbons (Fsp3) is 0.125. The van der Waals surface area contributed by atoms with Gasteiger partial charge < -0.3 is 4.74 Å². The zero-order valence-corrected chi connectivity index (χ0v) is 10.2. The number of allylic oxidation sites excluding steroid dienone is 1. The van der Waals surface area contributed by atoms with Crippen LogP contribution in [0.1, 0.15) is 18.1 Å². The highest BCUT2D eigenvalue weighted by Crippen LogP contribution is 2.21. The van der Waals surface area contributed by atoms with Gasteiger partial charge in [-0.25, -0.2) is 0 Å². The highest BCUT2D eigenvalue weighted by atomic mass is 16.5. The molecule has 0 N–H and O–H groups in total. The second-order valence-corrected chi connectivity index (χ2v) is 3.93. The number of ether oxygens (including phenoxy) is 1. The largest absolute Gasteiger partial charge is 0.457 e. The summed E-state index contributed by atoms with van der Waals surface area (Å²) >= 11 is 0. The maximum Gasteiger partial charge on any atom is 0.130 e. The summed E-state index contributed by atoms with van der Waals surface area (Å²) in [5, 5.41) is 0. The molecular weight excluding hydrogens is 208 g/mol. The first-order chi connectivity index (χ1) is 8.29. The summed E-state index contributed by atoms with van der Waals surface area (Å²) in [6.45, 7) is 4.05. The van der Waals surface area contributed by atoms with Gasteiger partial charge in [-0.15, -0.1) is 0 Å². The molecule has 0 aliphatic rings. The van der Waals surface area contributed by atoms with Crippen LogP contribution in [-0.4, -0.2) is 0 Å². The second-order valence-electron chi connectivity index (χ2n) is 3.93. The quantitative estimate of drug-likeness (QED) is 0.700. The molecule has 0 bridgehead atoms. The number of hydrogen-bond acceptors (Lipinski definition) is 1. The van der Waals surface area contributed by atoms with Crippen LogP contribution in [0.3, 0.4) is 0 Å². The van der Waals surface area contributed by atoms with Crippen LogP contribution >= 0.6 is 0 Å². The average Bonchev–Trinajstić information content (AvgIpc) is 2.39.